The average Bonchev–Trinajstić information content (AvgIpc) is 2.82. The number of benzene rings is 3. The fourth-order valence-electron chi connectivity index (χ4n) is 3.82. The van der Waals surface area contributed by atoms with E-state index in [1.165, 1.54) is 48.5 Å². The van der Waals surface area contributed by atoms with Gasteiger partial charge in [0.1, 0.15) is 11.9 Å². The molecule has 7 nitrogen and oxygen atoms in total. The van der Waals surface area contributed by atoms with E-state index >= 15 is 0 Å². The number of hydrogen-bond donors (Lipinski definition) is 3. The maximum absolute atomic E-state index is 13.5. The summed E-state index contributed by atoms with van der Waals surface area (Å²) >= 11 is 0. The van der Waals surface area contributed by atoms with E-state index in [4.69, 9.17) is 0 Å². The maximum atomic E-state index is 13.5. The second-order valence-electron chi connectivity index (χ2n) is 10.4. The van der Waals surface area contributed by atoms with Gasteiger partial charge in [-0.2, -0.15) is 0 Å². The largest absolute Gasteiger partial charge is 0.339 e. The Morgan fingerprint density at radius 2 is 1.38 bits per heavy atom. The van der Waals surface area contributed by atoms with Crippen LogP contribution in [-0.2, 0) is 20.2 Å². The summed E-state index contributed by atoms with van der Waals surface area (Å²) in [5.74, 6) is -1.50. The van der Waals surface area contributed by atoms with Gasteiger partial charge in [-0.1, -0.05) is 44.2 Å². The number of halogens is 1. The second kappa shape index (κ2) is 10.8. The molecule has 0 spiro atoms. The smallest absolute Gasteiger partial charge is 0.251 e. The van der Waals surface area contributed by atoms with Crippen molar-refractivity contribution >= 4 is 27.5 Å². The highest BCUT2D eigenvalue weighted by Gasteiger charge is 2.38. The zero-order valence-electron chi connectivity index (χ0n) is 21.5. The first-order valence-corrected chi connectivity index (χ1v) is 13.2. The van der Waals surface area contributed by atoms with E-state index < -0.39 is 44.7 Å². The summed E-state index contributed by atoms with van der Waals surface area (Å²) < 4.78 is 41.1. The standard InChI is InChI=1S/C28H32FN3O4S/c1-27(2,3)32-37(35,36)23-17-15-22(16-18-23)30-26(34)24(28(4,5)20-9-7-6-8-10-20)31-25(33)19-11-13-21(29)14-12-19/h6-18,24,32H,1-5H3,(H,30,34)(H,31,33)/t24-/m1/s1. The Bertz CT molecular complexity index is 1350. The van der Waals surface area contributed by atoms with Gasteiger partial charge in [0.2, 0.25) is 15.9 Å². The fraction of sp³-hybridized carbons (Fsp3) is 0.286. The molecule has 37 heavy (non-hydrogen) atoms. The Balaban J connectivity index is 1.87. The first-order valence-electron chi connectivity index (χ1n) is 11.8. The van der Waals surface area contributed by atoms with Gasteiger partial charge in [-0.15, -0.1) is 0 Å². The van der Waals surface area contributed by atoms with Crippen LogP contribution in [0.25, 0.3) is 0 Å². The summed E-state index contributed by atoms with van der Waals surface area (Å²) in [6.45, 7) is 8.91. The molecule has 3 rings (SSSR count). The van der Waals surface area contributed by atoms with Crippen molar-refractivity contribution in [2.75, 3.05) is 5.32 Å². The SMILES string of the molecule is CC(C)(C)NS(=O)(=O)c1ccc(NC(=O)[C@@H](NC(=O)c2ccc(F)cc2)C(C)(C)c2ccccc2)cc1. The number of rotatable bonds is 8. The van der Waals surface area contributed by atoms with E-state index in [0.29, 0.717) is 5.69 Å². The van der Waals surface area contributed by atoms with Gasteiger partial charge in [-0.05, 0) is 74.9 Å². The minimum atomic E-state index is -3.73. The van der Waals surface area contributed by atoms with Crippen molar-refractivity contribution in [2.24, 2.45) is 0 Å². The molecule has 1 atom stereocenters. The summed E-state index contributed by atoms with van der Waals surface area (Å²) in [6, 6.07) is 19.1. The minimum absolute atomic E-state index is 0.0613. The molecule has 0 aromatic heterocycles. The lowest BCUT2D eigenvalue weighted by atomic mass is 9.77. The fourth-order valence-corrected chi connectivity index (χ4v) is 5.24. The molecule has 0 aliphatic heterocycles. The van der Waals surface area contributed by atoms with E-state index in [-0.39, 0.29) is 10.5 Å². The van der Waals surface area contributed by atoms with Crippen LogP contribution in [-0.4, -0.2) is 31.8 Å². The number of carbonyl (C=O) groups is 2. The van der Waals surface area contributed by atoms with Crippen LogP contribution >= 0.6 is 0 Å². The summed E-state index contributed by atoms with van der Waals surface area (Å²) in [4.78, 5) is 26.6. The summed E-state index contributed by atoms with van der Waals surface area (Å²) in [6.07, 6.45) is 0. The van der Waals surface area contributed by atoms with Crippen LogP contribution in [0.15, 0.2) is 83.8 Å². The third-order valence-electron chi connectivity index (χ3n) is 5.76. The lowest BCUT2D eigenvalue weighted by molar-refractivity contribution is -0.119. The van der Waals surface area contributed by atoms with Crippen LogP contribution in [0, 0.1) is 5.82 Å². The molecule has 3 aromatic carbocycles. The summed E-state index contributed by atoms with van der Waals surface area (Å²) in [7, 11) is -3.73. The molecular formula is C28H32FN3O4S. The predicted octanol–water partition coefficient (Wildman–Crippen LogP) is 4.62. The number of carbonyl (C=O) groups excluding carboxylic acids is 2. The molecule has 9 heteroatoms. The van der Waals surface area contributed by atoms with Gasteiger partial charge in [-0.3, -0.25) is 9.59 Å². The van der Waals surface area contributed by atoms with Gasteiger partial charge >= 0.3 is 0 Å². The van der Waals surface area contributed by atoms with Crippen molar-refractivity contribution in [1.82, 2.24) is 10.0 Å². The highest BCUT2D eigenvalue weighted by atomic mass is 32.2. The van der Waals surface area contributed by atoms with Crippen LogP contribution in [0.1, 0.15) is 50.5 Å². The highest BCUT2D eigenvalue weighted by molar-refractivity contribution is 7.89. The monoisotopic (exact) mass is 525 g/mol. The zero-order chi connectivity index (χ0) is 27.4. The van der Waals surface area contributed by atoms with Crippen LogP contribution in [0.4, 0.5) is 10.1 Å². The molecule has 0 radical (unpaired) electrons. The highest BCUT2D eigenvalue weighted by Crippen LogP contribution is 2.28. The summed E-state index contributed by atoms with van der Waals surface area (Å²) in [5.41, 5.74) is -0.0798. The quantitative estimate of drug-likeness (QED) is 0.399. The number of nitrogens with one attached hydrogen (secondary N) is 3. The van der Waals surface area contributed by atoms with Gasteiger partial charge in [0, 0.05) is 22.2 Å². The predicted molar refractivity (Wildman–Crippen MR) is 142 cm³/mol. The lowest BCUT2D eigenvalue weighted by Crippen LogP contribution is -2.54. The molecule has 0 heterocycles. The molecule has 0 saturated carbocycles. The Labute approximate surface area is 217 Å². The van der Waals surface area contributed by atoms with E-state index in [0.717, 1.165) is 5.56 Å². The van der Waals surface area contributed by atoms with E-state index in [1.807, 2.05) is 44.2 Å². The molecule has 3 aromatic rings. The second-order valence-corrected chi connectivity index (χ2v) is 12.1. The molecule has 3 N–H and O–H groups in total. The third kappa shape index (κ3) is 7.24. The maximum Gasteiger partial charge on any atom is 0.251 e. The van der Waals surface area contributed by atoms with Crippen molar-refractivity contribution in [2.45, 2.75) is 56.5 Å². The van der Waals surface area contributed by atoms with Gasteiger partial charge in [0.15, 0.2) is 0 Å². The molecule has 0 fully saturated rings. The minimum Gasteiger partial charge on any atom is -0.339 e. The summed E-state index contributed by atoms with van der Waals surface area (Å²) in [5, 5.41) is 5.58. The Morgan fingerprint density at radius 3 is 1.92 bits per heavy atom. The van der Waals surface area contributed by atoms with Crippen molar-refractivity contribution < 1.29 is 22.4 Å². The Kier molecular flexibility index (Phi) is 8.19. The van der Waals surface area contributed by atoms with Crippen molar-refractivity contribution in [1.29, 1.82) is 0 Å². The molecule has 0 aliphatic rings. The molecule has 2 amide bonds. The van der Waals surface area contributed by atoms with Gasteiger partial charge in [0.25, 0.3) is 5.91 Å². The molecule has 0 unspecified atom stereocenters. The molecule has 0 saturated heterocycles. The van der Waals surface area contributed by atoms with Crippen LogP contribution in [0.3, 0.4) is 0 Å². The van der Waals surface area contributed by atoms with Gasteiger partial charge in [0.05, 0.1) is 4.90 Å². The van der Waals surface area contributed by atoms with Crippen LogP contribution < -0.4 is 15.4 Å². The average molecular weight is 526 g/mol. The van der Waals surface area contributed by atoms with Gasteiger partial charge < -0.3 is 10.6 Å². The van der Waals surface area contributed by atoms with E-state index in [1.54, 1.807) is 20.8 Å². The number of hydrogen-bond acceptors (Lipinski definition) is 4. The van der Waals surface area contributed by atoms with E-state index in [9.17, 15) is 22.4 Å². The molecule has 0 bridgehead atoms. The third-order valence-corrected chi connectivity index (χ3v) is 7.53. The molecular weight excluding hydrogens is 493 g/mol. The lowest BCUT2D eigenvalue weighted by Gasteiger charge is -2.34. The topological polar surface area (TPSA) is 104 Å². The van der Waals surface area contributed by atoms with E-state index in [2.05, 4.69) is 15.4 Å². The Morgan fingerprint density at radius 1 is 0.811 bits per heavy atom. The Hall–Kier alpha value is -3.56. The number of sulfonamides is 1. The molecule has 0 aliphatic carbocycles. The van der Waals surface area contributed by atoms with Crippen LogP contribution in [0.5, 0.6) is 0 Å². The number of amides is 2. The first-order chi connectivity index (χ1) is 17.2. The van der Waals surface area contributed by atoms with Crippen molar-refractivity contribution in [3.05, 3.63) is 95.8 Å². The number of anilines is 1. The van der Waals surface area contributed by atoms with Gasteiger partial charge in [-0.25, -0.2) is 17.5 Å². The van der Waals surface area contributed by atoms with Crippen molar-refractivity contribution in [3.8, 4) is 0 Å². The van der Waals surface area contributed by atoms with Crippen LogP contribution in [0.2, 0.25) is 0 Å². The normalized spacial score (nSPS) is 13.0. The van der Waals surface area contributed by atoms with Crippen molar-refractivity contribution in [3.63, 3.8) is 0 Å². The zero-order valence-corrected chi connectivity index (χ0v) is 22.3. The first kappa shape index (κ1) is 28.0. The molecule has 196 valence electrons.